The minimum absolute atomic E-state index is 0.0189. The predicted molar refractivity (Wildman–Crippen MR) is 53.0 cm³/mol. The molecule has 2 atom stereocenters. The smallest absolute Gasteiger partial charge is 0.146 e. The summed E-state index contributed by atoms with van der Waals surface area (Å²) in [5.74, 6) is 2.09. The van der Waals surface area contributed by atoms with E-state index < -0.39 is 0 Å². The Morgan fingerprint density at radius 2 is 2.29 bits per heavy atom. The van der Waals surface area contributed by atoms with Gasteiger partial charge in [-0.15, -0.1) is 0 Å². The first-order valence-electron chi connectivity index (χ1n) is 4.99. The van der Waals surface area contributed by atoms with Crippen LogP contribution in [0.4, 0.5) is 0 Å². The molecule has 2 rings (SSSR count). The molecule has 0 aliphatic carbocycles. The van der Waals surface area contributed by atoms with Crippen LogP contribution in [0.3, 0.4) is 0 Å². The van der Waals surface area contributed by atoms with E-state index in [0.717, 1.165) is 24.4 Å². The minimum Gasteiger partial charge on any atom is -0.465 e. The van der Waals surface area contributed by atoms with Crippen LogP contribution >= 0.6 is 0 Å². The molecule has 3 nitrogen and oxygen atoms in total. The molecule has 0 amide bonds. The molecule has 3 heteroatoms. The van der Waals surface area contributed by atoms with E-state index >= 15 is 0 Å². The zero-order chi connectivity index (χ0) is 10.1. The van der Waals surface area contributed by atoms with E-state index in [2.05, 4.69) is 5.32 Å². The third kappa shape index (κ3) is 1.73. The van der Waals surface area contributed by atoms with E-state index in [1.165, 1.54) is 0 Å². The Morgan fingerprint density at radius 1 is 1.50 bits per heavy atom. The fraction of sp³-hybridized carbons (Fsp3) is 0.545. The van der Waals surface area contributed by atoms with E-state index in [1.807, 2.05) is 19.1 Å². The molecule has 1 saturated heterocycles. The van der Waals surface area contributed by atoms with Crippen LogP contribution in [0.25, 0.3) is 0 Å². The van der Waals surface area contributed by atoms with Crippen LogP contribution in [0.1, 0.15) is 37.3 Å². The Labute approximate surface area is 83.5 Å². The molecule has 76 valence electrons. The third-order valence-corrected chi connectivity index (χ3v) is 2.74. The molecule has 14 heavy (non-hydrogen) atoms. The molecule has 2 heterocycles. The van der Waals surface area contributed by atoms with Gasteiger partial charge in [-0.25, -0.2) is 0 Å². The number of nitrogens with one attached hydrogen (secondary N) is 1. The lowest BCUT2D eigenvalue weighted by atomic mass is 10.1. The lowest BCUT2D eigenvalue weighted by molar-refractivity contribution is -0.118. The monoisotopic (exact) mass is 193 g/mol. The van der Waals surface area contributed by atoms with E-state index in [9.17, 15) is 4.79 Å². The van der Waals surface area contributed by atoms with Crippen molar-refractivity contribution in [3.05, 3.63) is 23.7 Å². The van der Waals surface area contributed by atoms with Crippen LogP contribution < -0.4 is 5.32 Å². The molecule has 0 aromatic carbocycles. The summed E-state index contributed by atoms with van der Waals surface area (Å²) in [5.41, 5.74) is 0. The van der Waals surface area contributed by atoms with Gasteiger partial charge in [-0.2, -0.15) is 0 Å². The number of hydrogen-bond donors (Lipinski definition) is 1. The highest BCUT2D eigenvalue weighted by Gasteiger charge is 2.29. The molecule has 0 spiro atoms. The fourth-order valence-electron chi connectivity index (χ4n) is 1.93. The second kappa shape index (κ2) is 3.58. The number of ketones is 1. The van der Waals surface area contributed by atoms with Crippen molar-refractivity contribution in [2.45, 2.75) is 38.8 Å². The van der Waals surface area contributed by atoms with Crippen molar-refractivity contribution in [3.8, 4) is 0 Å². The van der Waals surface area contributed by atoms with Crippen LogP contribution in [0.2, 0.25) is 0 Å². The van der Waals surface area contributed by atoms with Crippen molar-refractivity contribution in [2.75, 3.05) is 0 Å². The average molecular weight is 193 g/mol. The first-order chi connectivity index (χ1) is 6.66. The second-order valence-corrected chi connectivity index (χ2v) is 3.91. The molecule has 1 aromatic heterocycles. The average Bonchev–Trinajstić information content (AvgIpc) is 2.70. The lowest BCUT2D eigenvalue weighted by Gasteiger charge is -2.09. The summed E-state index contributed by atoms with van der Waals surface area (Å²) in [4.78, 5) is 11.1. The highest BCUT2D eigenvalue weighted by atomic mass is 16.3. The number of Topliss-reactive ketones (excluding diaryl/α,β-unsaturated/α-hetero) is 1. The summed E-state index contributed by atoms with van der Waals surface area (Å²) < 4.78 is 5.52. The predicted octanol–water partition coefficient (Wildman–Crippen LogP) is 1.97. The molecule has 0 saturated carbocycles. The van der Waals surface area contributed by atoms with Crippen LogP contribution in [0, 0.1) is 6.92 Å². The zero-order valence-corrected chi connectivity index (χ0v) is 8.54. The zero-order valence-electron chi connectivity index (χ0n) is 8.54. The fourth-order valence-corrected chi connectivity index (χ4v) is 1.93. The van der Waals surface area contributed by atoms with Gasteiger partial charge < -0.3 is 4.42 Å². The van der Waals surface area contributed by atoms with Gasteiger partial charge in [0, 0.05) is 0 Å². The van der Waals surface area contributed by atoms with E-state index in [1.54, 1.807) is 6.92 Å². The molecule has 1 aliphatic rings. The van der Waals surface area contributed by atoms with Crippen molar-refractivity contribution in [1.29, 1.82) is 0 Å². The van der Waals surface area contributed by atoms with E-state index in [4.69, 9.17) is 4.42 Å². The molecule has 1 aliphatic heterocycles. The molecular weight excluding hydrogens is 178 g/mol. The van der Waals surface area contributed by atoms with Crippen molar-refractivity contribution in [2.24, 2.45) is 0 Å². The Bertz CT molecular complexity index is 343. The molecule has 1 aromatic rings. The molecule has 0 radical (unpaired) electrons. The SMILES string of the molecule is CC(=O)[C@@H]1CC[C@@H](c2ccc(C)o2)N1. The largest absolute Gasteiger partial charge is 0.465 e. The Morgan fingerprint density at radius 3 is 2.79 bits per heavy atom. The van der Waals surface area contributed by atoms with Gasteiger partial charge in [0.25, 0.3) is 0 Å². The lowest BCUT2D eigenvalue weighted by Crippen LogP contribution is -2.30. The number of aryl methyl sites for hydroxylation is 1. The standard InChI is InChI=1S/C11H15NO2/c1-7-3-6-11(14-7)10-5-4-9(12-10)8(2)13/h3,6,9-10,12H,4-5H2,1-2H3/t9-,10-/m0/s1. The molecule has 0 bridgehead atoms. The van der Waals surface area contributed by atoms with Gasteiger partial charge in [0.2, 0.25) is 0 Å². The van der Waals surface area contributed by atoms with Crippen LogP contribution in [0.5, 0.6) is 0 Å². The minimum atomic E-state index is 0.0189. The van der Waals surface area contributed by atoms with Gasteiger partial charge in [-0.3, -0.25) is 10.1 Å². The molecule has 0 unspecified atom stereocenters. The number of hydrogen-bond acceptors (Lipinski definition) is 3. The van der Waals surface area contributed by atoms with Gasteiger partial charge in [-0.05, 0) is 38.8 Å². The second-order valence-electron chi connectivity index (χ2n) is 3.91. The Kier molecular flexibility index (Phi) is 2.42. The summed E-state index contributed by atoms with van der Waals surface area (Å²) >= 11 is 0. The van der Waals surface area contributed by atoms with Gasteiger partial charge in [0.15, 0.2) is 0 Å². The quantitative estimate of drug-likeness (QED) is 0.780. The van der Waals surface area contributed by atoms with Crippen molar-refractivity contribution in [3.63, 3.8) is 0 Å². The Hall–Kier alpha value is -1.09. The van der Waals surface area contributed by atoms with Crippen molar-refractivity contribution in [1.82, 2.24) is 5.32 Å². The van der Waals surface area contributed by atoms with E-state index in [0.29, 0.717) is 0 Å². The first-order valence-corrected chi connectivity index (χ1v) is 4.99. The topological polar surface area (TPSA) is 42.2 Å². The Balaban J connectivity index is 2.05. The highest BCUT2D eigenvalue weighted by Crippen LogP contribution is 2.27. The van der Waals surface area contributed by atoms with Crippen LogP contribution in [-0.4, -0.2) is 11.8 Å². The third-order valence-electron chi connectivity index (χ3n) is 2.74. The summed E-state index contributed by atoms with van der Waals surface area (Å²) in [5, 5.41) is 3.28. The molecule has 1 N–H and O–H groups in total. The summed E-state index contributed by atoms with van der Waals surface area (Å²) in [6, 6.07) is 4.18. The summed E-state index contributed by atoms with van der Waals surface area (Å²) in [6.07, 6.45) is 1.90. The van der Waals surface area contributed by atoms with Crippen LogP contribution in [-0.2, 0) is 4.79 Å². The van der Waals surface area contributed by atoms with E-state index in [-0.39, 0.29) is 17.9 Å². The van der Waals surface area contributed by atoms with Gasteiger partial charge >= 0.3 is 0 Å². The maximum absolute atomic E-state index is 11.1. The molecular formula is C11H15NO2. The maximum Gasteiger partial charge on any atom is 0.146 e. The summed E-state index contributed by atoms with van der Waals surface area (Å²) in [6.45, 7) is 3.56. The van der Waals surface area contributed by atoms with Gasteiger partial charge in [0.1, 0.15) is 17.3 Å². The maximum atomic E-state index is 11.1. The number of rotatable bonds is 2. The molecule has 1 fully saturated rings. The van der Waals surface area contributed by atoms with Gasteiger partial charge in [-0.1, -0.05) is 0 Å². The highest BCUT2D eigenvalue weighted by molar-refractivity contribution is 5.81. The number of carbonyl (C=O) groups excluding carboxylic acids is 1. The van der Waals surface area contributed by atoms with Crippen molar-refractivity contribution >= 4 is 5.78 Å². The first kappa shape index (κ1) is 9.46. The van der Waals surface area contributed by atoms with Crippen LogP contribution in [0.15, 0.2) is 16.5 Å². The van der Waals surface area contributed by atoms with Crippen molar-refractivity contribution < 1.29 is 9.21 Å². The number of carbonyl (C=O) groups is 1. The van der Waals surface area contributed by atoms with Gasteiger partial charge in [0.05, 0.1) is 12.1 Å². The number of furan rings is 1. The summed E-state index contributed by atoms with van der Waals surface area (Å²) in [7, 11) is 0. The normalized spacial score (nSPS) is 26.7.